The average molecular weight is 167 g/mol. The zero-order valence-electron chi connectivity index (χ0n) is 6.90. The smallest absolute Gasteiger partial charge is 0.141 e. The van der Waals surface area contributed by atoms with Gasteiger partial charge in [0, 0.05) is 6.20 Å². The molecule has 1 aromatic rings. The van der Waals surface area contributed by atoms with Gasteiger partial charge in [0.15, 0.2) is 0 Å². The molecule has 0 aliphatic heterocycles. The van der Waals surface area contributed by atoms with Gasteiger partial charge in [-0.1, -0.05) is 0 Å². The molecule has 12 heavy (non-hydrogen) atoms. The van der Waals surface area contributed by atoms with Gasteiger partial charge < -0.3 is 15.4 Å². The number of aromatic nitrogens is 2. The number of imidazole rings is 1. The van der Waals surface area contributed by atoms with Crippen molar-refractivity contribution in [2.24, 2.45) is 0 Å². The van der Waals surface area contributed by atoms with E-state index in [9.17, 15) is 5.11 Å². The van der Waals surface area contributed by atoms with Gasteiger partial charge in [-0.25, -0.2) is 4.98 Å². The van der Waals surface area contributed by atoms with Crippen LogP contribution in [0.3, 0.4) is 0 Å². The van der Waals surface area contributed by atoms with Crippen molar-refractivity contribution < 1.29 is 5.11 Å². The zero-order valence-corrected chi connectivity index (χ0v) is 6.90. The number of nitrogen functional groups attached to an aromatic ring is 1. The van der Waals surface area contributed by atoms with E-state index >= 15 is 0 Å². The normalized spacial score (nSPS) is 20.4. The van der Waals surface area contributed by atoms with Crippen LogP contribution in [0.15, 0.2) is 12.5 Å². The van der Waals surface area contributed by atoms with E-state index in [4.69, 9.17) is 5.73 Å². The van der Waals surface area contributed by atoms with Gasteiger partial charge in [0.1, 0.15) is 5.82 Å². The monoisotopic (exact) mass is 167 g/mol. The van der Waals surface area contributed by atoms with Crippen molar-refractivity contribution in [1.82, 2.24) is 9.55 Å². The molecule has 0 amide bonds. The first-order chi connectivity index (χ1) is 5.77. The summed E-state index contributed by atoms with van der Waals surface area (Å²) in [6.45, 7) is 0.183. The molecule has 4 nitrogen and oxygen atoms in total. The fourth-order valence-corrected chi connectivity index (χ4v) is 1.68. The van der Waals surface area contributed by atoms with Gasteiger partial charge in [0.2, 0.25) is 0 Å². The van der Waals surface area contributed by atoms with Crippen LogP contribution in [0.1, 0.15) is 19.3 Å². The molecule has 2 rings (SSSR count). The van der Waals surface area contributed by atoms with Crippen LogP contribution in [-0.2, 0) is 5.54 Å². The fourth-order valence-electron chi connectivity index (χ4n) is 1.68. The van der Waals surface area contributed by atoms with E-state index in [1.54, 1.807) is 12.5 Å². The minimum Gasteiger partial charge on any atom is -0.394 e. The highest BCUT2D eigenvalue weighted by Gasteiger charge is 2.37. The number of aliphatic hydroxyl groups excluding tert-OH is 1. The topological polar surface area (TPSA) is 64.1 Å². The van der Waals surface area contributed by atoms with Gasteiger partial charge in [0.25, 0.3) is 0 Å². The Bertz CT molecular complexity index is 272. The first kappa shape index (κ1) is 7.61. The van der Waals surface area contributed by atoms with Crippen LogP contribution in [0, 0.1) is 0 Å². The van der Waals surface area contributed by atoms with Crippen LogP contribution in [0.4, 0.5) is 5.82 Å². The number of hydrogen-bond acceptors (Lipinski definition) is 3. The molecule has 0 spiro atoms. The third kappa shape index (κ3) is 0.914. The third-order valence-electron chi connectivity index (χ3n) is 2.73. The van der Waals surface area contributed by atoms with Crippen molar-refractivity contribution in [2.45, 2.75) is 24.8 Å². The number of nitrogens with two attached hydrogens (primary N) is 1. The molecule has 0 radical (unpaired) electrons. The van der Waals surface area contributed by atoms with E-state index < -0.39 is 0 Å². The second-order valence-corrected chi connectivity index (χ2v) is 3.44. The Morgan fingerprint density at radius 1 is 1.67 bits per heavy atom. The molecule has 1 aliphatic carbocycles. The molecule has 1 fully saturated rings. The highest BCUT2D eigenvalue weighted by molar-refractivity contribution is 5.24. The molecule has 4 heteroatoms. The quantitative estimate of drug-likeness (QED) is 0.667. The highest BCUT2D eigenvalue weighted by Crippen LogP contribution is 2.38. The second kappa shape index (κ2) is 2.48. The van der Waals surface area contributed by atoms with Crippen molar-refractivity contribution in [3.63, 3.8) is 0 Å². The van der Waals surface area contributed by atoms with Gasteiger partial charge in [-0.15, -0.1) is 0 Å². The maximum absolute atomic E-state index is 9.21. The number of hydrogen-bond donors (Lipinski definition) is 2. The van der Waals surface area contributed by atoms with Crippen molar-refractivity contribution >= 4 is 5.82 Å². The van der Waals surface area contributed by atoms with E-state index in [-0.39, 0.29) is 12.1 Å². The van der Waals surface area contributed by atoms with Gasteiger partial charge in [-0.05, 0) is 19.3 Å². The summed E-state index contributed by atoms with van der Waals surface area (Å²) in [5, 5.41) is 9.21. The summed E-state index contributed by atoms with van der Waals surface area (Å²) in [5.41, 5.74) is 5.40. The average Bonchev–Trinajstić information content (AvgIpc) is 2.35. The standard InChI is InChI=1S/C8H13N3O/c9-7-4-11(6-10-7)8(5-12)2-1-3-8/h4,6,12H,1-3,5,9H2. The summed E-state index contributed by atoms with van der Waals surface area (Å²) in [4.78, 5) is 3.94. The summed E-state index contributed by atoms with van der Waals surface area (Å²) in [7, 11) is 0. The first-order valence-electron chi connectivity index (χ1n) is 4.18. The minimum absolute atomic E-state index is 0.0926. The lowest BCUT2D eigenvalue weighted by Gasteiger charge is -2.41. The lowest BCUT2D eigenvalue weighted by atomic mass is 9.77. The molecule has 3 N–H and O–H groups in total. The summed E-state index contributed by atoms with van der Waals surface area (Å²) >= 11 is 0. The maximum atomic E-state index is 9.21. The lowest BCUT2D eigenvalue weighted by Crippen LogP contribution is -2.43. The summed E-state index contributed by atoms with van der Waals surface area (Å²) in [5.74, 6) is 0.523. The highest BCUT2D eigenvalue weighted by atomic mass is 16.3. The molecule has 1 heterocycles. The van der Waals surface area contributed by atoms with Crippen LogP contribution in [-0.4, -0.2) is 21.3 Å². The van der Waals surface area contributed by atoms with E-state index in [0.717, 1.165) is 12.8 Å². The zero-order chi connectivity index (χ0) is 8.60. The second-order valence-electron chi connectivity index (χ2n) is 3.44. The van der Waals surface area contributed by atoms with Crippen molar-refractivity contribution in [2.75, 3.05) is 12.3 Å². The summed E-state index contributed by atoms with van der Waals surface area (Å²) < 4.78 is 1.94. The number of anilines is 1. The van der Waals surface area contributed by atoms with Gasteiger partial charge >= 0.3 is 0 Å². The Labute approximate surface area is 71.0 Å². The van der Waals surface area contributed by atoms with Crippen molar-refractivity contribution in [3.05, 3.63) is 12.5 Å². The Hall–Kier alpha value is -1.03. The minimum atomic E-state index is -0.0926. The van der Waals surface area contributed by atoms with Crippen LogP contribution in [0.2, 0.25) is 0 Å². The molecular weight excluding hydrogens is 154 g/mol. The molecule has 0 saturated heterocycles. The molecule has 1 aliphatic rings. The predicted octanol–water partition coefficient (Wildman–Crippen LogP) is 0.337. The maximum Gasteiger partial charge on any atom is 0.141 e. The van der Waals surface area contributed by atoms with E-state index in [1.165, 1.54) is 6.42 Å². The van der Waals surface area contributed by atoms with Crippen molar-refractivity contribution in [1.29, 1.82) is 0 Å². The van der Waals surface area contributed by atoms with E-state index in [2.05, 4.69) is 4.98 Å². The van der Waals surface area contributed by atoms with Gasteiger partial charge in [0.05, 0.1) is 18.5 Å². The molecule has 0 aromatic carbocycles. The number of aliphatic hydroxyl groups is 1. The lowest BCUT2D eigenvalue weighted by molar-refractivity contribution is 0.0552. The molecule has 66 valence electrons. The largest absolute Gasteiger partial charge is 0.394 e. The molecule has 1 aromatic heterocycles. The fraction of sp³-hybridized carbons (Fsp3) is 0.625. The predicted molar refractivity (Wildman–Crippen MR) is 45.6 cm³/mol. The molecule has 0 unspecified atom stereocenters. The van der Waals surface area contributed by atoms with Crippen LogP contribution < -0.4 is 5.73 Å². The summed E-state index contributed by atoms with van der Waals surface area (Å²) in [6, 6.07) is 0. The Kier molecular flexibility index (Phi) is 1.58. The first-order valence-corrected chi connectivity index (χ1v) is 4.18. The summed E-state index contributed by atoms with van der Waals surface area (Å²) in [6.07, 6.45) is 6.72. The number of rotatable bonds is 2. The van der Waals surface area contributed by atoms with E-state index in [1.807, 2.05) is 4.57 Å². The van der Waals surface area contributed by atoms with Crippen LogP contribution in [0.5, 0.6) is 0 Å². The molecule has 0 bridgehead atoms. The number of nitrogens with zero attached hydrogens (tertiary/aromatic N) is 2. The van der Waals surface area contributed by atoms with Crippen LogP contribution in [0.25, 0.3) is 0 Å². The van der Waals surface area contributed by atoms with Gasteiger partial charge in [-0.3, -0.25) is 0 Å². The molecular formula is C8H13N3O. The SMILES string of the molecule is Nc1cn(C2(CO)CCC2)cn1. The molecule has 1 saturated carbocycles. The Morgan fingerprint density at radius 2 is 2.42 bits per heavy atom. The Morgan fingerprint density at radius 3 is 2.75 bits per heavy atom. The molecule has 0 atom stereocenters. The Balaban J connectivity index is 2.27. The van der Waals surface area contributed by atoms with Crippen molar-refractivity contribution in [3.8, 4) is 0 Å². The third-order valence-corrected chi connectivity index (χ3v) is 2.73. The van der Waals surface area contributed by atoms with E-state index in [0.29, 0.717) is 5.82 Å². The van der Waals surface area contributed by atoms with Crippen LogP contribution >= 0.6 is 0 Å². The van der Waals surface area contributed by atoms with Gasteiger partial charge in [-0.2, -0.15) is 0 Å².